The average Bonchev–Trinajstić information content (AvgIpc) is 3.36. The van der Waals surface area contributed by atoms with Gasteiger partial charge in [-0.3, -0.25) is 4.79 Å². The second kappa shape index (κ2) is 6.50. The molecule has 1 aliphatic heterocycles. The minimum Gasteiger partial charge on any atom is -0.342 e. The van der Waals surface area contributed by atoms with Crippen LogP contribution < -0.4 is 0 Å². The molecule has 4 nitrogen and oxygen atoms in total. The third-order valence-corrected chi connectivity index (χ3v) is 8.37. The third kappa shape index (κ3) is 3.34. The van der Waals surface area contributed by atoms with E-state index in [-0.39, 0.29) is 16.9 Å². The lowest BCUT2D eigenvalue weighted by Crippen LogP contribution is -2.43. The molecule has 3 rings (SSSR count). The quantitative estimate of drug-likeness (QED) is 0.797. The van der Waals surface area contributed by atoms with E-state index in [1.165, 1.54) is 32.1 Å². The van der Waals surface area contributed by atoms with Gasteiger partial charge in [0.25, 0.3) is 0 Å². The van der Waals surface area contributed by atoms with Gasteiger partial charge in [0.1, 0.15) is 0 Å². The van der Waals surface area contributed by atoms with Gasteiger partial charge in [-0.05, 0) is 31.1 Å². The van der Waals surface area contributed by atoms with Crippen LogP contribution in [0.15, 0.2) is 0 Å². The first-order valence-corrected chi connectivity index (χ1v) is 10.7. The van der Waals surface area contributed by atoms with E-state index in [4.69, 9.17) is 0 Å². The minimum atomic E-state index is -2.94. The number of rotatable bonds is 4. The molecular weight excluding hydrogens is 298 g/mol. The number of carbonyl (C=O) groups is 1. The van der Waals surface area contributed by atoms with Gasteiger partial charge < -0.3 is 4.90 Å². The van der Waals surface area contributed by atoms with Gasteiger partial charge in [-0.15, -0.1) is 0 Å². The second-order valence-electron chi connectivity index (χ2n) is 7.38. The number of likely N-dealkylation sites (tertiary alicyclic amines) is 1. The summed E-state index contributed by atoms with van der Waals surface area (Å²) < 4.78 is 23.9. The zero-order valence-corrected chi connectivity index (χ0v) is 14.5. The van der Waals surface area contributed by atoms with E-state index in [2.05, 4.69) is 0 Å². The normalized spacial score (nSPS) is 31.2. The first-order valence-electron chi connectivity index (χ1n) is 9.03. The van der Waals surface area contributed by atoms with Crippen LogP contribution in [0.4, 0.5) is 0 Å². The number of piperidine rings is 1. The molecule has 0 bridgehead atoms. The van der Waals surface area contributed by atoms with E-state index in [0.29, 0.717) is 37.8 Å². The summed E-state index contributed by atoms with van der Waals surface area (Å²) in [5.41, 5.74) is 0. The highest BCUT2D eigenvalue weighted by Gasteiger charge is 2.49. The Labute approximate surface area is 134 Å². The average molecular weight is 327 g/mol. The highest BCUT2D eigenvalue weighted by atomic mass is 32.2. The second-order valence-corrected chi connectivity index (χ2v) is 9.95. The van der Waals surface area contributed by atoms with Crippen LogP contribution in [-0.2, 0) is 14.6 Å². The smallest absolute Gasteiger partial charge is 0.225 e. The molecular formula is C17H29NO3S. The Kier molecular flexibility index (Phi) is 4.81. The fourth-order valence-corrected chi connectivity index (χ4v) is 5.89. The van der Waals surface area contributed by atoms with E-state index in [1.54, 1.807) is 6.92 Å². The van der Waals surface area contributed by atoms with Crippen molar-refractivity contribution in [1.29, 1.82) is 0 Å². The Morgan fingerprint density at radius 1 is 1.05 bits per heavy atom. The molecule has 0 radical (unpaired) electrons. The molecule has 3 fully saturated rings. The Morgan fingerprint density at radius 3 is 2.27 bits per heavy atom. The molecule has 126 valence electrons. The zero-order chi connectivity index (χ0) is 15.7. The summed E-state index contributed by atoms with van der Waals surface area (Å²) in [6.07, 6.45) is 8.99. The van der Waals surface area contributed by atoms with Crippen LogP contribution in [0.3, 0.4) is 0 Å². The summed E-state index contributed by atoms with van der Waals surface area (Å²) in [7, 11) is -2.94. The summed E-state index contributed by atoms with van der Waals surface area (Å²) in [6, 6.07) is 0. The van der Waals surface area contributed by atoms with Crippen molar-refractivity contribution in [1.82, 2.24) is 4.90 Å². The Bertz CT molecular complexity index is 502. The van der Waals surface area contributed by atoms with Crippen molar-refractivity contribution in [3.8, 4) is 0 Å². The van der Waals surface area contributed by atoms with Crippen molar-refractivity contribution >= 4 is 15.7 Å². The summed E-state index contributed by atoms with van der Waals surface area (Å²) in [5, 5.41) is -0.227. The molecule has 5 heteroatoms. The van der Waals surface area contributed by atoms with Crippen LogP contribution in [0, 0.1) is 17.8 Å². The molecule has 1 heterocycles. The van der Waals surface area contributed by atoms with E-state index < -0.39 is 9.84 Å². The maximum absolute atomic E-state index is 12.6. The van der Waals surface area contributed by atoms with Gasteiger partial charge in [0.15, 0.2) is 9.84 Å². The van der Waals surface area contributed by atoms with Crippen LogP contribution in [-0.4, -0.2) is 43.3 Å². The Morgan fingerprint density at radius 2 is 1.68 bits per heavy atom. The molecule has 2 aliphatic carbocycles. The van der Waals surface area contributed by atoms with Crippen molar-refractivity contribution in [3.63, 3.8) is 0 Å². The maximum Gasteiger partial charge on any atom is 0.225 e. The molecule has 0 aromatic rings. The largest absolute Gasteiger partial charge is 0.342 e. The van der Waals surface area contributed by atoms with E-state index in [1.807, 2.05) is 4.90 Å². The summed E-state index contributed by atoms with van der Waals surface area (Å²) in [6.45, 7) is 2.99. The standard InChI is InChI=1S/C17H29NO3S/c1-2-22(20,21)14-8-10-18(11-9-14)17(19)16-12-15(16)13-6-4-3-5-7-13/h13-16H,2-12H2,1H3. The lowest BCUT2D eigenvalue weighted by Gasteiger charge is -2.32. The zero-order valence-electron chi connectivity index (χ0n) is 13.7. The number of amides is 1. The van der Waals surface area contributed by atoms with E-state index in [0.717, 1.165) is 12.3 Å². The van der Waals surface area contributed by atoms with Crippen molar-refractivity contribution < 1.29 is 13.2 Å². The first kappa shape index (κ1) is 16.3. The predicted molar refractivity (Wildman–Crippen MR) is 87.2 cm³/mol. The molecule has 3 aliphatic rings. The van der Waals surface area contributed by atoms with Gasteiger partial charge >= 0.3 is 0 Å². The number of sulfone groups is 1. The van der Waals surface area contributed by atoms with Crippen LogP contribution in [0.1, 0.15) is 58.3 Å². The monoisotopic (exact) mass is 327 g/mol. The lowest BCUT2D eigenvalue weighted by molar-refractivity contribution is -0.134. The van der Waals surface area contributed by atoms with Crippen molar-refractivity contribution in [2.45, 2.75) is 63.5 Å². The molecule has 0 aromatic carbocycles. The molecule has 1 saturated heterocycles. The molecule has 22 heavy (non-hydrogen) atoms. The van der Waals surface area contributed by atoms with Gasteiger partial charge in [-0.2, -0.15) is 0 Å². The van der Waals surface area contributed by atoms with E-state index in [9.17, 15) is 13.2 Å². The van der Waals surface area contributed by atoms with Gasteiger partial charge in [0.2, 0.25) is 5.91 Å². The van der Waals surface area contributed by atoms with Crippen LogP contribution in [0.2, 0.25) is 0 Å². The van der Waals surface area contributed by atoms with Gasteiger partial charge in [0.05, 0.1) is 5.25 Å². The molecule has 0 aromatic heterocycles. The fourth-order valence-electron chi connectivity index (χ4n) is 4.49. The van der Waals surface area contributed by atoms with Crippen molar-refractivity contribution in [3.05, 3.63) is 0 Å². The van der Waals surface area contributed by atoms with Crippen LogP contribution in [0.25, 0.3) is 0 Å². The molecule has 2 unspecified atom stereocenters. The van der Waals surface area contributed by atoms with Crippen molar-refractivity contribution in [2.75, 3.05) is 18.8 Å². The predicted octanol–water partition coefficient (Wildman–Crippen LogP) is 2.63. The molecule has 2 atom stereocenters. The Balaban J connectivity index is 1.49. The van der Waals surface area contributed by atoms with Crippen LogP contribution in [0.5, 0.6) is 0 Å². The van der Waals surface area contributed by atoms with Crippen molar-refractivity contribution in [2.24, 2.45) is 17.8 Å². The van der Waals surface area contributed by atoms with Crippen LogP contribution >= 0.6 is 0 Å². The molecule has 0 spiro atoms. The van der Waals surface area contributed by atoms with E-state index >= 15 is 0 Å². The number of hydrogen-bond donors (Lipinski definition) is 0. The Hall–Kier alpha value is -0.580. The van der Waals surface area contributed by atoms with Gasteiger partial charge in [0, 0.05) is 24.8 Å². The lowest BCUT2D eigenvalue weighted by atomic mass is 9.85. The first-order chi connectivity index (χ1) is 10.5. The summed E-state index contributed by atoms with van der Waals surface area (Å²) in [4.78, 5) is 14.6. The summed E-state index contributed by atoms with van der Waals surface area (Å²) >= 11 is 0. The van der Waals surface area contributed by atoms with Gasteiger partial charge in [-0.1, -0.05) is 39.0 Å². The number of carbonyl (C=O) groups excluding carboxylic acids is 1. The fraction of sp³-hybridized carbons (Fsp3) is 0.941. The number of hydrogen-bond acceptors (Lipinski definition) is 3. The number of nitrogens with zero attached hydrogens (tertiary/aromatic N) is 1. The SMILES string of the molecule is CCS(=O)(=O)C1CCN(C(=O)C2CC2C2CCCCC2)CC1. The highest BCUT2D eigenvalue weighted by Crippen LogP contribution is 2.50. The highest BCUT2D eigenvalue weighted by molar-refractivity contribution is 7.92. The summed E-state index contributed by atoms with van der Waals surface area (Å²) in [5.74, 6) is 2.19. The van der Waals surface area contributed by atoms with Gasteiger partial charge in [-0.25, -0.2) is 8.42 Å². The molecule has 0 N–H and O–H groups in total. The topological polar surface area (TPSA) is 54.5 Å². The maximum atomic E-state index is 12.6. The minimum absolute atomic E-state index is 0.220. The molecule has 2 saturated carbocycles. The third-order valence-electron chi connectivity index (χ3n) is 6.08. The molecule has 1 amide bonds.